The van der Waals surface area contributed by atoms with Gasteiger partial charge in [-0.1, -0.05) is 12.1 Å². The zero-order valence-electron chi connectivity index (χ0n) is 10.3. The van der Waals surface area contributed by atoms with Crippen LogP contribution in [0, 0.1) is 3.57 Å². The Bertz CT molecular complexity index is 798. The van der Waals surface area contributed by atoms with Crippen molar-refractivity contribution in [3.05, 3.63) is 50.3 Å². The van der Waals surface area contributed by atoms with Crippen LogP contribution in [-0.4, -0.2) is 11.3 Å². The Hall–Kier alpha value is -1.21. The summed E-state index contributed by atoms with van der Waals surface area (Å²) in [5, 5.41) is 0. The molecule has 5 heteroatoms. The summed E-state index contributed by atoms with van der Waals surface area (Å²) in [5.41, 5.74) is 4.59. The SMILES string of the molecule is O=CCc1cc(Br)c(I)c(-c2cccc3ncoc23)c1. The van der Waals surface area contributed by atoms with E-state index in [0.717, 1.165) is 42.1 Å². The van der Waals surface area contributed by atoms with Crippen LogP contribution in [0.15, 0.2) is 45.6 Å². The maximum Gasteiger partial charge on any atom is 0.182 e. The van der Waals surface area contributed by atoms with Gasteiger partial charge in [-0.2, -0.15) is 0 Å². The van der Waals surface area contributed by atoms with Gasteiger partial charge in [-0.25, -0.2) is 4.98 Å². The fourth-order valence-electron chi connectivity index (χ4n) is 2.15. The van der Waals surface area contributed by atoms with Gasteiger partial charge in [-0.05, 0) is 62.3 Å². The van der Waals surface area contributed by atoms with Gasteiger partial charge in [0.2, 0.25) is 0 Å². The minimum Gasteiger partial charge on any atom is -0.443 e. The van der Waals surface area contributed by atoms with E-state index in [1.165, 1.54) is 6.39 Å². The van der Waals surface area contributed by atoms with Crippen molar-refractivity contribution in [2.24, 2.45) is 0 Å². The summed E-state index contributed by atoms with van der Waals surface area (Å²) in [6.45, 7) is 0. The predicted octanol–water partition coefficient (Wildman–Crippen LogP) is 4.60. The number of halogens is 2. The van der Waals surface area contributed by atoms with Crippen molar-refractivity contribution >= 4 is 55.9 Å². The molecule has 0 radical (unpaired) electrons. The van der Waals surface area contributed by atoms with Crippen molar-refractivity contribution in [1.82, 2.24) is 4.98 Å². The van der Waals surface area contributed by atoms with Crippen LogP contribution < -0.4 is 0 Å². The van der Waals surface area contributed by atoms with E-state index in [9.17, 15) is 4.79 Å². The Labute approximate surface area is 137 Å². The summed E-state index contributed by atoms with van der Waals surface area (Å²) >= 11 is 5.84. The molecule has 0 saturated heterocycles. The highest BCUT2D eigenvalue weighted by atomic mass is 127. The molecule has 20 heavy (non-hydrogen) atoms. The number of aromatic nitrogens is 1. The molecule has 0 unspecified atom stereocenters. The molecule has 0 spiro atoms. The molecule has 100 valence electrons. The van der Waals surface area contributed by atoms with E-state index in [2.05, 4.69) is 43.5 Å². The highest BCUT2D eigenvalue weighted by molar-refractivity contribution is 14.1. The molecule has 0 saturated carbocycles. The van der Waals surface area contributed by atoms with Crippen molar-refractivity contribution < 1.29 is 9.21 Å². The summed E-state index contributed by atoms with van der Waals surface area (Å²) in [6, 6.07) is 9.87. The number of para-hydroxylation sites is 1. The molecule has 0 amide bonds. The van der Waals surface area contributed by atoms with E-state index in [-0.39, 0.29) is 0 Å². The zero-order chi connectivity index (χ0) is 14.1. The summed E-state index contributed by atoms with van der Waals surface area (Å²) in [5.74, 6) is 0. The van der Waals surface area contributed by atoms with Crippen LogP contribution in [0.4, 0.5) is 0 Å². The minimum atomic E-state index is 0.398. The van der Waals surface area contributed by atoms with E-state index in [1.54, 1.807) is 0 Å². The van der Waals surface area contributed by atoms with E-state index in [1.807, 2.05) is 30.3 Å². The Kier molecular flexibility index (Phi) is 3.89. The van der Waals surface area contributed by atoms with Crippen LogP contribution in [0.5, 0.6) is 0 Å². The number of oxazole rings is 1. The monoisotopic (exact) mass is 441 g/mol. The van der Waals surface area contributed by atoms with Crippen LogP contribution >= 0.6 is 38.5 Å². The van der Waals surface area contributed by atoms with E-state index < -0.39 is 0 Å². The standard InChI is InChI=1S/C15H9BrINO2/c16-12-7-9(4-5-19)6-11(14(12)17)10-2-1-3-13-15(10)20-8-18-13/h1-3,5-8H,4H2. The molecular weight excluding hydrogens is 433 g/mol. The van der Waals surface area contributed by atoms with Gasteiger partial charge < -0.3 is 9.21 Å². The van der Waals surface area contributed by atoms with Gasteiger partial charge in [0.15, 0.2) is 12.0 Å². The molecule has 1 aromatic heterocycles. The molecule has 0 fully saturated rings. The van der Waals surface area contributed by atoms with E-state index in [4.69, 9.17) is 4.42 Å². The van der Waals surface area contributed by atoms with Gasteiger partial charge in [0.05, 0.1) is 0 Å². The number of fused-ring (bicyclic) bond motifs is 1. The molecule has 3 nitrogen and oxygen atoms in total. The van der Waals surface area contributed by atoms with Crippen molar-refractivity contribution in [2.75, 3.05) is 0 Å². The number of nitrogens with zero attached hydrogens (tertiary/aromatic N) is 1. The molecule has 0 aliphatic rings. The topological polar surface area (TPSA) is 43.1 Å². The largest absolute Gasteiger partial charge is 0.443 e. The van der Waals surface area contributed by atoms with Crippen molar-refractivity contribution in [3.63, 3.8) is 0 Å². The Morgan fingerprint density at radius 2 is 2.15 bits per heavy atom. The highest BCUT2D eigenvalue weighted by Crippen LogP contribution is 2.35. The number of hydrogen-bond donors (Lipinski definition) is 0. The quantitative estimate of drug-likeness (QED) is 0.440. The Morgan fingerprint density at radius 1 is 1.30 bits per heavy atom. The van der Waals surface area contributed by atoms with E-state index in [0.29, 0.717) is 6.42 Å². The fraction of sp³-hybridized carbons (Fsp3) is 0.0667. The third-order valence-electron chi connectivity index (χ3n) is 3.05. The number of hydrogen-bond acceptors (Lipinski definition) is 3. The Balaban J connectivity index is 2.27. The first-order chi connectivity index (χ1) is 9.70. The second-order valence-electron chi connectivity index (χ2n) is 4.32. The third-order valence-corrected chi connectivity index (χ3v) is 5.58. The number of benzene rings is 2. The lowest BCUT2D eigenvalue weighted by atomic mass is 10.0. The second kappa shape index (κ2) is 5.65. The van der Waals surface area contributed by atoms with Crippen LogP contribution in [0.2, 0.25) is 0 Å². The maximum absolute atomic E-state index is 10.7. The van der Waals surface area contributed by atoms with Gasteiger partial charge in [0.1, 0.15) is 11.8 Å². The number of aldehydes is 1. The molecule has 0 bridgehead atoms. The van der Waals surface area contributed by atoms with E-state index >= 15 is 0 Å². The number of carbonyl (C=O) groups is 1. The second-order valence-corrected chi connectivity index (χ2v) is 6.25. The predicted molar refractivity (Wildman–Crippen MR) is 89.6 cm³/mol. The van der Waals surface area contributed by atoms with Gasteiger partial charge >= 0.3 is 0 Å². The van der Waals surface area contributed by atoms with Crippen molar-refractivity contribution in [1.29, 1.82) is 0 Å². The molecule has 0 N–H and O–H groups in total. The fourth-order valence-corrected chi connectivity index (χ4v) is 3.26. The third kappa shape index (κ3) is 2.40. The highest BCUT2D eigenvalue weighted by Gasteiger charge is 2.13. The summed E-state index contributed by atoms with van der Waals surface area (Å²) in [6.07, 6.45) is 2.76. The normalized spacial score (nSPS) is 10.9. The average Bonchev–Trinajstić information content (AvgIpc) is 2.91. The van der Waals surface area contributed by atoms with Crippen molar-refractivity contribution in [3.8, 4) is 11.1 Å². The minimum absolute atomic E-state index is 0.398. The van der Waals surface area contributed by atoms with Gasteiger partial charge in [0.25, 0.3) is 0 Å². The van der Waals surface area contributed by atoms with Gasteiger partial charge in [0, 0.05) is 25.6 Å². The first kappa shape index (κ1) is 13.8. The van der Waals surface area contributed by atoms with Gasteiger partial charge in [-0.3, -0.25) is 0 Å². The van der Waals surface area contributed by atoms with Crippen LogP contribution in [0.1, 0.15) is 5.56 Å². The molecule has 0 aliphatic carbocycles. The number of rotatable bonds is 3. The summed E-state index contributed by atoms with van der Waals surface area (Å²) in [7, 11) is 0. The molecule has 2 aromatic carbocycles. The molecular formula is C15H9BrINO2. The molecule has 3 aromatic rings. The van der Waals surface area contributed by atoms with Crippen LogP contribution in [0.25, 0.3) is 22.2 Å². The molecule has 3 rings (SSSR count). The lowest BCUT2D eigenvalue weighted by Crippen LogP contribution is -1.92. The lowest BCUT2D eigenvalue weighted by molar-refractivity contribution is -0.107. The van der Waals surface area contributed by atoms with Crippen molar-refractivity contribution in [2.45, 2.75) is 6.42 Å². The molecule has 0 atom stereocenters. The summed E-state index contributed by atoms with van der Waals surface area (Å²) in [4.78, 5) is 14.9. The Morgan fingerprint density at radius 3 is 2.95 bits per heavy atom. The van der Waals surface area contributed by atoms with Crippen LogP contribution in [-0.2, 0) is 11.2 Å². The lowest BCUT2D eigenvalue weighted by Gasteiger charge is -2.09. The maximum atomic E-state index is 10.7. The first-order valence-corrected chi connectivity index (χ1v) is 7.82. The molecule has 0 aliphatic heterocycles. The first-order valence-electron chi connectivity index (χ1n) is 5.95. The number of carbonyl (C=O) groups excluding carboxylic acids is 1. The van der Waals surface area contributed by atoms with Gasteiger partial charge in [-0.15, -0.1) is 0 Å². The average molecular weight is 442 g/mol. The van der Waals surface area contributed by atoms with Crippen LogP contribution in [0.3, 0.4) is 0 Å². The summed E-state index contributed by atoms with van der Waals surface area (Å²) < 4.78 is 7.56. The molecule has 1 heterocycles. The smallest absolute Gasteiger partial charge is 0.182 e. The zero-order valence-corrected chi connectivity index (χ0v) is 14.0.